The number of aryl methyl sites for hydroxylation is 1. The number of aliphatic hydroxyl groups is 1. The summed E-state index contributed by atoms with van der Waals surface area (Å²) in [5.41, 5.74) is 2.24. The summed E-state index contributed by atoms with van der Waals surface area (Å²) >= 11 is 0. The maximum Gasteiger partial charge on any atom is 0.0606 e. The Bertz CT molecular complexity index is 453. The molecule has 0 spiro atoms. The van der Waals surface area contributed by atoms with Crippen molar-refractivity contribution in [3.05, 3.63) is 48.3 Å². The van der Waals surface area contributed by atoms with E-state index in [2.05, 4.69) is 10.00 Å². The van der Waals surface area contributed by atoms with Gasteiger partial charge in [-0.2, -0.15) is 5.10 Å². The normalized spacial score (nSPS) is 10.5. The molecule has 0 aliphatic heterocycles. The van der Waals surface area contributed by atoms with Gasteiger partial charge in [0.1, 0.15) is 0 Å². The summed E-state index contributed by atoms with van der Waals surface area (Å²) in [4.78, 5) is 2.14. The standard InChI is InChI=1S/C13H17N3O/c1-15-13(7-8-14-15)11-16(9-10-17)12-5-3-2-4-6-12/h2-8,17H,9-11H2,1H3. The predicted octanol–water partition coefficient (Wildman–Crippen LogP) is 1.42. The fourth-order valence-electron chi connectivity index (χ4n) is 1.81. The molecule has 0 amide bonds. The first kappa shape index (κ1) is 11.7. The van der Waals surface area contributed by atoms with Crippen LogP contribution in [0.5, 0.6) is 0 Å². The molecule has 0 unspecified atom stereocenters. The molecule has 2 rings (SSSR count). The van der Waals surface area contributed by atoms with E-state index in [9.17, 15) is 0 Å². The Morgan fingerprint density at radius 1 is 1.24 bits per heavy atom. The minimum Gasteiger partial charge on any atom is -0.395 e. The lowest BCUT2D eigenvalue weighted by Gasteiger charge is -2.23. The SMILES string of the molecule is Cn1nccc1CN(CCO)c1ccccc1. The van der Waals surface area contributed by atoms with Crippen molar-refractivity contribution in [1.29, 1.82) is 0 Å². The quantitative estimate of drug-likeness (QED) is 0.846. The van der Waals surface area contributed by atoms with Crippen LogP contribution in [0.25, 0.3) is 0 Å². The number of benzene rings is 1. The van der Waals surface area contributed by atoms with Crippen LogP contribution in [0.2, 0.25) is 0 Å². The van der Waals surface area contributed by atoms with E-state index in [-0.39, 0.29) is 6.61 Å². The van der Waals surface area contributed by atoms with E-state index in [1.54, 1.807) is 6.20 Å². The van der Waals surface area contributed by atoms with Gasteiger partial charge in [-0.3, -0.25) is 4.68 Å². The highest BCUT2D eigenvalue weighted by atomic mass is 16.3. The van der Waals surface area contributed by atoms with Crippen molar-refractivity contribution in [3.8, 4) is 0 Å². The van der Waals surface area contributed by atoms with Gasteiger partial charge in [-0.1, -0.05) is 18.2 Å². The molecule has 0 aliphatic rings. The minimum atomic E-state index is 0.146. The average molecular weight is 231 g/mol. The van der Waals surface area contributed by atoms with E-state index in [0.29, 0.717) is 6.54 Å². The fraction of sp³-hybridized carbons (Fsp3) is 0.308. The van der Waals surface area contributed by atoms with Crippen molar-refractivity contribution < 1.29 is 5.11 Å². The largest absolute Gasteiger partial charge is 0.395 e. The highest BCUT2D eigenvalue weighted by Gasteiger charge is 2.08. The summed E-state index contributed by atoms with van der Waals surface area (Å²) in [5, 5.41) is 13.3. The van der Waals surface area contributed by atoms with Gasteiger partial charge in [0.05, 0.1) is 18.8 Å². The monoisotopic (exact) mass is 231 g/mol. The van der Waals surface area contributed by atoms with Crippen molar-refractivity contribution in [2.24, 2.45) is 7.05 Å². The molecule has 0 aliphatic carbocycles. The molecule has 0 radical (unpaired) electrons. The van der Waals surface area contributed by atoms with Gasteiger partial charge in [-0.15, -0.1) is 0 Å². The molecule has 1 heterocycles. The summed E-state index contributed by atoms with van der Waals surface area (Å²) in [5.74, 6) is 0. The molecule has 90 valence electrons. The van der Waals surface area contributed by atoms with Gasteiger partial charge in [-0.05, 0) is 18.2 Å². The molecule has 0 saturated carbocycles. The number of nitrogens with zero attached hydrogens (tertiary/aromatic N) is 3. The van der Waals surface area contributed by atoms with Crippen LogP contribution < -0.4 is 4.90 Å². The van der Waals surface area contributed by atoms with Crippen LogP contribution in [-0.2, 0) is 13.6 Å². The topological polar surface area (TPSA) is 41.3 Å². The molecular weight excluding hydrogens is 214 g/mol. The van der Waals surface area contributed by atoms with Crippen LogP contribution in [0.3, 0.4) is 0 Å². The molecule has 0 atom stereocenters. The Morgan fingerprint density at radius 2 is 2.00 bits per heavy atom. The first-order chi connectivity index (χ1) is 8.31. The lowest BCUT2D eigenvalue weighted by Crippen LogP contribution is -2.27. The van der Waals surface area contributed by atoms with Crippen molar-refractivity contribution in [2.75, 3.05) is 18.1 Å². The number of rotatable bonds is 5. The third kappa shape index (κ3) is 2.85. The van der Waals surface area contributed by atoms with E-state index in [1.807, 2.05) is 48.1 Å². The second-order valence-electron chi connectivity index (χ2n) is 3.93. The summed E-state index contributed by atoms with van der Waals surface area (Å²) in [6, 6.07) is 12.1. The van der Waals surface area contributed by atoms with Crippen LogP contribution in [-0.4, -0.2) is 28.0 Å². The Kier molecular flexibility index (Phi) is 3.77. The highest BCUT2D eigenvalue weighted by Crippen LogP contribution is 2.15. The third-order valence-corrected chi connectivity index (χ3v) is 2.77. The van der Waals surface area contributed by atoms with Gasteiger partial charge in [-0.25, -0.2) is 0 Å². The second-order valence-corrected chi connectivity index (χ2v) is 3.93. The van der Waals surface area contributed by atoms with Crippen LogP contribution in [0.4, 0.5) is 5.69 Å². The molecule has 4 heteroatoms. The van der Waals surface area contributed by atoms with E-state index >= 15 is 0 Å². The van der Waals surface area contributed by atoms with Crippen molar-refractivity contribution in [1.82, 2.24) is 9.78 Å². The van der Waals surface area contributed by atoms with E-state index < -0.39 is 0 Å². The van der Waals surface area contributed by atoms with Gasteiger partial charge in [0.25, 0.3) is 0 Å². The lowest BCUT2D eigenvalue weighted by atomic mass is 10.2. The molecule has 1 aromatic carbocycles. The molecule has 0 saturated heterocycles. The Hall–Kier alpha value is -1.81. The molecule has 0 bridgehead atoms. The minimum absolute atomic E-state index is 0.146. The number of aliphatic hydroxyl groups excluding tert-OH is 1. The third-order valence-electron chi connectivity index (χ3n) is 2.77. The van der Waals surface area contributed by atoms with Gasteiger partial charge in [0.15, 0.2) is 0 Å². The lowest BCUT2D eigenvalue weighted by molar-refractivity contribution is 0.301. The summed E-state index contributed by atoms with van der Waals surface area (Å²) < 4.78 is 1.85. The van der Waals surface area contributed by atoms with Crippen molar-refractivity contribution >= 4 is 5.69 Å². The number of aromatic nitrogens is 2. The van der Waals surface area contributed by atoms with Crippen LogP contribution >= 0.6 is 0 Å². The second kappa shape index (κ2) is 5.50. The maximum absolute atomic E-state index is 9.13. The molecule has 17 heavy (non-hydrogen) atoms. The van der Waals surface area contributed by atoms with Gasteiger partial charge in [0.2, 0.25) is 0 Å². The molecule has 1 aromatic heterocycles. The zero-order valence-electron chi connectivity index (χ0n) is 9.95. The van der Waals surface area contributed by atoms with Gasteiger partial charge in [0, 0.05) is 25.5 Å². The molecule has 4 nitrogen and oxygen atoms in total. The van der Waals surface area contributed by atoms with Crippen LogP contribution in [0.15, 0.2) is 42.6 Å². The maximum atomic E-state index is 9.13. The van der Waals surface area contributed by atoms with Crippen LogP contribution in [0, 0.1) is 0 Å². The molecule has 1 N–H and O–H groups in total. The summed E-state index contributed by atoms with van der Waals surface area (Å²) in [7, 11) is 1.93. The Balaban J connectivity index is 2.16. The Labute approximate surface area is 101 Å². The number of hydrogen-bond acceptors (Lipinski definition) is 3. The first-order valence-electron chi connectivity index (χ1n) is 5.69. The number of hydrogen-bond donors (Lipinski definition) is 1. The van der Waals surface area contributed by atoms with Crippen LogP contribution in [0.1, 0.15) is 5.69 Å². The molecular formula is C13H17N3O. The summed E-state index contributed by atoms with van der Waals surface area (Å²) in [6.45, 7) is 1.52. The first-order valence-corrected chi connectivity index (χ1v) is 5.69. The van der Waals surface area contributed by atoms with E-state index in [0.717, 1.165) is 17.9 Å². The zero-order chi connectivity index (χ0) is 12.1. The van der Waals surface area contributed by atoms with E-state index in [1.165, 1.54) is 0 Å². The van der Waals surface area contributed by atoms with Crippen molar-refractivity contribution in [3.63, 3.8) is 0 Å². The Morgan fingerprint density at radius 3 is 2.59 bits per heavy atom. The molecule has 0 fully saturated rings. The highest BCUT2D eigenvalue weighted by molar-refractivity contribution is 5.46. The van der Waals surface area contributed by atoms with Crippen molar-refractivity contribution in [2.45, 2.75) is 6.54 Å². The fourth-order valence-corrected chi connectivity index (χ4v) is 1.81. The zero-order valence-corrected chi connectivity index (χ0v) is 9.95. The average Bonchev–Trinajstić information content (AvgIpc) is 2.76. The van der Waals surface area contributed by atoms with E-state index in [4.69, 9.17) is 5.11 Å². The van der Waals surface area contributed by atoms with Gasteiger partial charge < -0.3 is 10.0 Å². The van der Waals surface area contributed by atoms with Gasteiger partial charge >= 0.3 is 0 Å². The smallest absolute Gasteiger partial charge is 0.0606 e. The summed E-state index contributed by atoms with van der Waals surface area (Å²) in [6.07, 6.45) is 1.79. The molecule has 2 aromatic rings. The number of anilines is 1. The number of para-hydroxylation sites is 1. The predicted molar refractivity (Wildman–Crippen MR) is 67.8 cm³/mol.